The van der Waals surface area contributed by atoms with Crippen LogP contribution >= 0.6 is 0 Å². The Labute approximate surface area is 119 Å². The SMILES string of the molecule is CN(C)c1nc(N=[N+]=[N-])nc(C([N+](=O)[O-])([N+](=O)[O-])[N+](=O)[O-])n1. The van der Waals surface area contributed by atoms with Crippen LogP contribution in [0.4, 0.5) is 11.9 Å². The van der Waals surface area contributed by atoms with E-state index >= 15 is 0 Å². The molecule has 0 N–H and O–H groups in total. The Balaban J connectivity index is 3.82. The Bertz CT molecular complexity index is 659. The summed E-state index contributed by atoms with van der Waals surface area (Å²) in [5, 5.41) is 35.8. The van der Waals surface area contributed by atoms with Crippen molar-refractivity contribution in [2.45, 2.75) is 5.79 Å². The Kier molecular flexibility index (Phi) is 4.28. The lowest BCUT2D eigenvalue weighted by molar-refractivity contribution is -0.987. The van der Waals surface area contributed by atoms with E-state index in [9.17, 15) is 30.3 Å². The first-order chi connectivity index (χ1) is 10.2. The first-order valence-electron chi connectivity index (χ1n) is 5.10. The zero-order valence-electron chi connectivity index (χ0n) is 10.9. The fourth-order valence-corrected chi connectivity index (χ4v) is 1.23. The number of azide groups is 1. The van der Waals surface area contributed by atoms with E-state index < -0.39 is 38.3 Å². The number of aromatic nitrogens is 3. The molecule has 0 aromatic carbocycles. The lowest BCUT2D eigenvalue weighted by atomic mass is 10.3. The normalized spacial score (nSPS) is 10.5. The minimum atomic E-state index is -4.05. The molecule has 1 heterocycles. The van der Waals surface area contributed by atoms with Crippen molar-refractivity contribution < 1.29 is 14.8 Å². The summed E-state index contributed by atoms with van der Waals surface area (Å²) in [6.45, 7) is 0. The van der Waals surface area contributed by atoms with Gasteiger partial charge >= 0.3 is 11.6 Å². The summed E-state index contributed by atoms with van der Waals surface area (Å²) in [5.41, 5.74) is 8.31. The topological polar surface area (TPSA) is 220 Å². The van der Waals surface area contributed by atoms with E-state index in [0.717, 1.165) is 4.90 Å². The molecule has 0 unspecified atom stereocenters. The predicted octanol–water partition coefficient (Wildman–Crippen LogP) is -0.180. The number of hydrogen-bond donors (Lipinski definition) is 0. The first-order valence-corrected chi connectivity index (χ1v) is 5.10. The number of rotatable bonds is 6. The van der Waals surface area contributed by atoms with Crippen LogP contribution in [0.3, 0.4) is 0 Å². The Morgan fingerprint density at radius 2 is 1.59 bits per heavy atom. The smallest absolute Gasteiger partial charge is 0.347 e. The minimum Gasteiger partial charge on any atom is -0.347 e. The van der Waals surface area contributed by atoms with Gasteiger partial charge < -0.3 is 4.90 Å². The third kappa shape index (κ3) is 2.48. The third-order valence-electron chi connectivity index (χ3n) is 2.21. The molecule has 1 rings (SSSR count). The molecule has 0 spiro atoms. The molecular formula is C6H6N10O6. The highest BCUT2D eigenvalue weighted by Crippen LogP contribution is 2.26. The Morgan fingerprint density at radius 3 is 1.95 bits per heavy atom. The maximum Gasteiger partial charge on any atom is 0.763 e. The first kappa shape index (κ1) is 16.4. The van der Waals surface area contributed by atoms with Gasteiger partial charge in [-0.1, -0.05) is 0 Å². The highest BCUT2D eigenvalue weighted by atomic mass is 16.7. The third-order valence-corrected chi connectivity index (χ3v) is 2.21. The molecule has 0 fully saturated rings. The molecule has 0 bridgehead atoms. The second-order valence-electron chi connectivity index (χ2n) is 3.75. The van der Waals surface area contributed by atoms with E-state index in [1.807, 2.05) is 0 Å². The molecule has 16 nitrogen and oxygen atoms in total. The summed E-state index contributed by atoms with van der Waals surface area (Å²) in [6.07, 6.45) is 0. The molecule has 0 radical (unpaired) electrons. The number of hydrogen-bond acceptors (Lipinski definition) is 11. The van der Waals surface area contributed by atoms with Crippen LogP contribution in [0.2, 0.25) is 0 Å². The van der Waals surface area contributed by atoms with Gasteiger partial charge in [-0.05, 0) is 10.6 Å². The highest BCUT2D eigenvalue weighted by Gasteiger charge is 2.76. The van der Waals surface area contributed by atoms with Crippen LogP contribution in [-0.4, -0.2) is 43.8 Å². The molecule has 0 aliphatic carbocycles. The molecular weight excluding hydrogens is 308 g/mol. The largest absolute Gasteiger partial charge is 0.763 e. The maximum atomic E-state index is 11.0. The van der Waals surface area contributed by atoms with Gasteiger partial charge in [-0.15, -0.1) is 0 Å². The van der Waals surface area contributed by atoms with Crippen molar-refractivity contribution in [1.82, 2.24) is 15.0 Å². The molecule has 0 saturated carbocycles. The predicted molar refractivity (Wildman–Crippen MR) is 65.6 cm³/mol. The van der Waals surface area contributed by atoms with Gasteiger partial charge in [0.15, 0.2) is 14.8 Å². The number of nitro groups is 3. The summed E-state index contributed by atoms with van der Waals surface area (Å²) in [5.74, 6) is -6.63. The van der Waals surface area contributed by atoms with Gasteiger partial charge in [-0.25, -0.2) is 0 Å². The fourth-order valence-electron chi connectivity index (χ4n) is 1.23. The monoisotopic (exact) mass is 314 g/mol. The van der Waals surface area contributed by atoms with E-state index in [2.05, 4.69) is 25.0 Å². The summed E-state index contributed by atoms with van der Waals surface area (Å²) < 4.78 is 0. The summed E-state index contributed by atoms with van der Waals surface area (Å²) in [7, 11) is 2.70. The van der Waals surface area contributed by atoms with Crippen LogP contribution in [0.25, 0.3) is 10.4 Å². The molecule has 0 saturated heterocycles. The average molecular weight is 314 g/mol. The Hall–Kier alpha value is -3.68. The van der Waals surface area contributed by atoms with Gasteiger partial charge in [0.2, 0.25) is 11.9 Å². The quantitative estimate of drug-likeness (QED) is 0.168. The lowest BCUT2D eigenvalue weighted by Gasteiger charge is -2.12. The van der Waals surface area contributed by atoms with E-state index in [1.54, 1.807) is 0 Å². The van der Waals surface area contributed by atoms with Crippen molar-refractivity contribution in [2.24, 2.45) is 5.11 Å². The standard InChI is InChI=1S/C6H6N10O6/c1-13(2)5-9-3(8-4(10-5)11-12-7)6(14(17)18,15(19)20)16(21)22/h1-2H3. The number of anilines is 1. The lowest BCUT2D eigenvalue weighted by Crippen LogP contribution is -2.51. The van der Waals surface area contributed by atoms with Gasteiger partial charge in [0.05, 0.1) is 0 Å². The molecule has 1 aromatic heterocycles. The van der Waals surface area contributed by atoms with Crippen LogP contribution in [0.15, 0.2) is 5.11 Å². The molecule has 0 atom stereocenters. The van der Waals surface area contributed by atoms with Gasteiger partial charge in [-0.2, -0.15) is 15.0 Å². The van der Waals surface area contributed by atoms with Gasteiger partial charge in [0, 0.05) is 19.0 Å². The Morgan fingerprint density at radius 1 is 1.09 bits per heavy atom. The average Bonchev–Trinajstić information content (AvgIpc) is 2.38. The fraction of sp³-hybridized carbons (Fsp3) is 0.500. The number of nitrogens with zero attached hydrogens (tertiary/aromatic N) is 10. The molecule has 16 heteroatoms. The van der Waals surface area contributed by atoms with Crippen molar-refractivity contribution in [1.29, 1.82) is 0 Å². The minimum absolute atomic E-state index is 0.401. The van der Waals surface area contributed by atoms with Gasteiger partial charge in [-0.3, -0.25) is 30.3 Å². The second-order valence-corrected chi connectivity index (χ2v) is 3.75. The van der Waals surface area contributed by atoms with Crippen molar-refractivity contribution in [3.05, 3.63) is 46.6 Å². The van der Waals surface area contributed by atoms with E-state index in [-0.39, 0.29) is 0 Å². The highest BCUT2D eigenvalue weighted by molar-refractivity contribution is 5.32. The molecule has 1 aromatic rings. The van der Waals surface area contributed by atoms with Crippen molar-refractivity contribution >= 4 is 11.9 Å². The van der Waals surface area contributed by atoms with Crippen molar-refractivity contribution in [3.63, 3.8) is 0 Å². The maximum absolute atomic E-state index is 11.0. The van der Waals surface area contributed by atoms with Crippen molar-refractivity contribution in [2.75, 3.05) is 19.0 Å². The molecule has 22 heavy (non-hydrogen) atoms. The summed E-state index contributed by atoms with van der Waals surface area (Å²) in [4.78, 5) is 41.1. The van der Waals surface area contributed by atoms with Crippen LogP contribution in [0, 0.1) is 30.3 Å². The van der Waals surface area contributed by atoms with Crippen LogP contribution in [0.1, 0.15) is 5.82 Å². The summed E-state index contributed by atoms with van der Waals surface area (Å²) >= 11 is 0. The van der Waals surface area contributed by atoms with Crippen LogP contribution in [0.5, 0.6) is 0 Å². The molecule has 0 aliphatic heterocycles. The van der Waals surface area contributed by atoms with Gasteiger partial charge in [0.25, 0.3) is 0 Å². The van der Waals surface area contributed by atoms with E-state index in [0.29, 0.717) is 0 Å². The molecule has 0 aliphatic rings. The molecule has 116 valence electrons. The van der Waals surface area contributed by atoms with Crippen molar-refractivity contribution in [3.8, 4) is 0 Å². The van der Waals surface area contributed by atoms with E-state index in [4.69, 9.17) is 5.53 Å². The van der Waals surface area contributed by atoms with Crippen LogP contribution in [-0.2, 0) is 5.79 Å². The second kappa shape index (κ2) is 5.75. The molecule has 0 amide bonds. The zero-order valence-corrected chi connectivity index (χ0v) is 10.9. The van der Waals surface area contributed by atoms with Gasteiger partial charge in [0.1, 0.15) is 0 Å². The van der Waals surface area contributed by atoms with E-state index in [1.165, 1.54) is 14.1 Å². The van der Waals surface area contributed by atoms with Crippen LogP contribution < -0.4 is 4.90 Å². The zero-order chi connectivity index (χ0) is 17.1. The summed E-state index contributed by atoms with van der Waals surface area (Å²) in [6, 6.07) is 0.